The van der Waals surface area contributed by atoms with E-state index in [9.17, 15) is 4.79 Å². The van der Waals surface area contributed by atoms with Crippen LogP contribution in [-0.4, -0.2) is 18.5 Å². The van der Waals surface area contributed by atoms with Crippen molar-refractivity contribution in [2.45, 2.75) is 20.3 Å². The number of hydrogen-bond donors (Lipinski definition) is 0. The molecule has 0 aliphatic rings. The molecule has 0 radical (unpaired) electrons. The van der Waals surface area contributed by atoms with Crippen LogP contribution in [0.5, 0.6) is 0 Å². The van der Waals surface area contributed by atoms with Gasteiger partial charge >= 0.3 is 5.71 Å². The summed E-state index contributed by atoms with van der Waals surface area (Å²) < 4.78 is 4.71. The Bertz CT molecular complexity index is 108. The summed E-state index contributed by atoms with van der Waals surface area (Å²) in [7, 11) is -1.04. The lowest BCUT2D eigenvalue weighted by molar-refractivity contribution is 0.180. The molecule has 0 rings (SSSR count). The Balaban J connectivity index is 3.49. The molecule has 4 heteroatoms. The van der Waals surface area contributed by atoms with E-state index < -0.39 is 7.27 Å². The molecule has 0 fully saturated rings. The van der Waals surface area contributed by atoms with Gasteiger partial charge in [-0.2, -0.15) is 0 Å². The summed E-state index contributed by atoms with van der Waals surface area (Å²) in [5.41, 5.74) is -0.235. The average molecular weight is 183 g/mol. The summed E-state index contributed by atoms with van der Waals surface area (Å²) in [6, 6.07) is 0. The highest BCUT2D eigenvalue weighted by Gasteiger charge is 2.14. The third-order valence-corrected chi connectivity index (χ3v) is 3.17. The predicted molar refractivity (Wildman–Crippen MR) is 45.0 cm³/mol. The fourth-order valence-electron chi connectivity index (χ4n) is 0.481. The van der Waals surface area contributed by atoms with Crippen LogP contribution in [0.3, 0.4) is 0 Å². The van der Waals surface area contributed by atoms with Gasteiger partial charge in [0.25, 0.3) is 0 Å². The largest absolute Gasteiger partial charge is 0.462 e. The van der Waals surface area contributed by atoms with Crippen LogP contribution in [-0.2, 0) is 4.74 Å². The fraction of sp³-hybridized carbons (Fsp3) is 0.833. The highest BCUT2D eigenvalue weighted by atomic mass is 35.7. The maximum absolute atomic E-state index is 10.8. The zero-order valence-electron chi connectivity index (χ0n) is 6.26. The molecule has 1 unspecified atom stereocenters. The number of carbonyl (C=O) groups is 1. The molecule has 0 aromatic rings. The summed E-state index contributed by atoms with van der Waals surface area (Å²) in [6.45, 7) is 4.20. The molecule has 0 saturated heterocycles. The Hall–Kier alpha value is 0.190. The smallest absolute Gasteiger partial charge is 0.341 e. The Kier molecular flexibility index (Phi) is 6.05. The topological polar surface area (TPSA) is 26.3 Å². The van der Waals surface area contributed by atoms with Crippen LogP contribution in [0, 0.1) is 0 Å². The highest BCUT2D eigenvalue weighted by Crippen LogP contribution is 2.43. The van der Waals surface area contributed by atoms with Crippen molar-refractivity contribution in [1.82, 2.24) is 0 Å². The molecule has 0 heterocycles. The molecule has 2 nitrogen and oxygen atoms in total. The third kappa shape index (κ3) is 4.08. The van der Waals surface area contributed by atoms with Crippen LogP contribution in [0.2, 0.25) is 0 Å². The standard InChI is InChI=1S/C6H12ClO2P/c1-3-5-10(7)6(8)9-4-2/h3-5H2,1-2H3. The summed E-state index contributed by atoms with van der Waals surface area (Å²) >= 11 is 5.70. The van der Waals surface area contributed by atoms with Gasteiger partial charge in [0.15, 0.2) is 0 Å². The molecule has 0 saturated carbocycles. The molecular formula is C6H12ClO2P. The van der Waals surface area contributed by atoms with Crippen LogP contribution in [0.1, 0.15) is 20.3 Å². The van der Waals surface area contributed by atoms with Crippen LogP contribution < -0.4 is 0 Å². The van der Waals surface area contributed by atoms with Gasteiger partial charge < -0.3 is 4.74 Å². The van der Waals surface area contributed by atoms with E-state index in [2.05, 4.69) is 0 Å². The fourth-order valence-corrected chi connectivity index (χ4v) is 1.98. The number of hydrogen-bond acceptors (Lipinski definition) is 2. The minimum atomic E-state index is -1.04. The van der Waals surface area contributed by atoms with Gasteiger partial charge in [0, 0.05) is 0 Å². The van der Waals surface area contributed by atoms with Gasteiger partial charge in [-0.25, -0.2) is 4.79 Å². The van der Waals surface area contributed by atoms with Crippen molar-refractivity contribution in [3.63, 3.8) is 0 Å². The third-order valence-electron chi connectivity index (χ3n) is 0.886. The summed E-state index contributed by atoms with van der Waals surface area (Å²) in [6.07, 6.45) is 1.70. The second-order valence-electron chi connectivity index (χ2n) is 1.78. The lowest BCUT2D eigenvalue weighted by Crippen LogP contribution is -1.98. The average Bonchev–Trinajstić information content (AvgIpc) is 1.89. The molecular weight excluding hydrogens is 170 g/mol. The maximum Gasteiger partial charge on any atom is 0.341 e. The van der Waals surface area contributed by atoms with E-state index in [4.69, 9.17) is 16.0 Å². The molecule has 0 amide bonds. The SMILES string of the molecule is CCCP(Cl)C(=O)OCC. The van der Waals surface area contributed by atoms with Gasteiger partial charge in [0.05, 0.1) is 6.61 Å². The first-order valence-corrected chi connectivity index (χ1v) is 5.75. The van der Waals surface area contributed by atoms with E-state index >= 15 is 0 Å². The molecule has 1 atom stereocenters. The lowest BCUT2D eigenvalue weighted by atomic mass is 10.6. The Morgan fingerprint density at radius 2 is 2.20 bits per heavy atom. The molecule has 0 aliphatic carbocycles. The molecule has 0 spiro atoms. The predicted octanol–water partition coefficient (Wildman–Crippen LogP) is 3.19. The van der Waals surface area contributed by atoms with Crippen LogP contribution in [0.4, 0.5) is 4.79 Å². The molecule has 0 N–H and O–H groups in total. The monoisotopic (exact) mass is 182 g/mol. The van der Waals surface area contributed by atoms with Gasteiger partial charge in [0.1, 0.15) is 7.27 Å². The first kappa shape index (κ1) is 10.2. The van der Waals surface area contributed by atoms with Crippen LogP contribution in [0.25, 0.3) is 0 Å². The van der Waals surface area contributed by atoms with Gasteiger partial charge in [-0.05, 0) is 13.1 Å². The van der Waals surface area contributed by atoms with Crippen LogP contribution in [0.15, 0.2) is 0 Å². The van der Waals surface area contributed by atoms with Crippen molar-refractivity contribution in [2.75, 3.05) is 12.8 Å². The van der Waals surface area contributed by atoms with E-state index in [1.165, 1.54) is 0 Å². The van der Waals surface area contributed by atoms with E-state index in [-0.39, 0.29) is 5.71 Å². The van der Waals surface area contributed by atoms with Crippen molar-refractivity contribution in [2.24, 2.45) is 0 Å². The van der Waals surface area contributed by atoms with Crippen molar-refractivity contribution in [3.8, 4) is 0 Å². The van der Waals surface area contributed by atoms with Crippen molar-refractivity contribution in [3.05, 3.63) is 0 Å². The molecule has 10 heavy (non-hydrogen) atoms. The normalized spacial score (nSPS) is 12.7. The second-order valence-corrected chi connectivity index (χ2v) is 4.55. The first-order chi connectivity index (χ1) is 4.72. The Morgan fingerprint density at radius 3 is 2.60 bits per heavy atom. The maximum atomic E-state index is 10.8. The van der Waals surface area contributed by atoms with Gasteiger partial charge in [0.2, 0.25) is 0 Å². The zero-order chi connectivity index (χ0) is 7.98. The van der Waals surface area contributed by atoms with E-state index in [0.717, 1.165) is 12.6 Å². The highest BCUT2D eigenvalue weighted by molar-refractivity contribution is 7.96. The van der Waals surface area contributed by atoms with Crippen molar-refractivity contribution < 1.29 is 9.53 Å². The van der Waals surface area contributed by atoms with E-state index in [1.807, 2.05) is 6.92 Å². The molecule has 0 aromatic carbocycles. The number of ether oxygens (including phenoxy) is 1. The van der Waals surface area contributed by atoms with Gasteiger partial charge in [-0.15, -0.1) is 0 Å². The Labute approximate surface area is 67.4 Å². The minimum Gasteiger partial charge on any atom is -0.462 e. The molecule has 0 aliphatic heterocycles. The Morgan fingerprint density at radius 1 is 1.60 bits per heavy atom. The van der Waals surface area contributed by atoms with Crippen LogP contribution >= 0.6 is 18.5 Å². The number of carbonyl (C=O) groups excluding carboxylic acids is 1. The lowest BCUT2D eigenvalue weighted by Gasteiger charge is -2.05. The van der Waals surface area contributed by atoms with Gasteiger partial charge in [-0.3, -0.25) is 0 Å². The quantitative estimate of drug-likeness (QED) is 0.624. The zero-order valence-corrected chi connectivity index (χ0v) is 7.91. The number of rotatable bonds is 4. The number of halogens is 1. The summed E-state index contributed by atoms with van der Waals surface area (Å²) in [4.78, 5) is 10.8. The molecule has 0 aromatic heterocycles. The summed E-state index contributed by atoms with van der Waals surface area (Å²) in [5, 5.41) is 0. The first-order valence-electron chi connectivity index (χ1n) is 3.32. The van der Waals surface area contributed by atoms with Crippen molar-refractivity contribution >= 4 is 24.2 Å². The second kappa shape index (κ2) is 5.94. The van der Waals surface area contributed by atoms with Gasteiger partial charge in [-0.1, -0.05) is 24.6 Å². The molecule has 60 valence electrons. The molecule has 0 bridgehead atoms. The summed E-state index contributed by atoms with van der Waals surface area (Å²) in [5.74, 6) is 0. The van der Waals surface area contributed by atoms with E-state index in [0.29, 0.717) is 6.61 Å². The van der Waals surface area contributed by atoms with Crippen molar-refractivity contribution in [1.29, 1.82) is 0 Å². The van der Waals surface area contributed by atoms with E-state index in [1.54, 1.807) is 6.92 Å². The minimum absolute atomic E-state index is 0.235.